The molecule has 2 rings (SSSR count). The molecule has 0 aliphatic rings. The zero-order valence-corrected chi connectivity index (χ0v) is 11.4. The van der Waals surface area contributed by atoms with Crippen LogP contribution in [0.3, 0.4) is 0 Å². The predicted molar refractivity (Wildman–Crippen MR) is 72.7 cm³/mol. The highest BCUT2D eigenvalue weighted by atomic mass is 16.5. The van der Waals surface area contributed by atoms with Gasteiger partial charge in [-0.05, 0) is 51.0 Å². The second-order valence-electron chi connectivity index (χ2n) is 4.76. The van der Waals surface area contributed by atoms with Gasteiger partial charge in [-0.1, -0.05) is 0 Å². The first-order valence-corrected chi connectivity index (χ1v) is 6.10. The van der Waals surface area contributed by atoms with Crippen molar-refractivity contribution in [2.45, 2.75) is 33.8 Å². The average Bonchev–Trinajstić information content (AvgIpc) is 2.26. The van der Waals surface area contributed by atoms with Crippen molar-refractivity contribution in [1.29, 1.82) is 0 Å². The first kappa shape index (κ1) is 13.3. The van der Waals surface area contributed by atoms with Gasteiger partial charge >= 0.3 is 5.63 Å². The Kier molecular flexibility index (Phi) is 3.42. The molecule has 0 aliphatic carbocycles. The SMILES string of the molecule is CC(=O)C(C)Oc1cc(C)cc2oc(=O)cc(C)c12. The van der Waals surface area contributed by atoms with Gasteiger partial charge in [0, 0.05) is 6.07 Å². The van der Waals surface area contributed by atoms with E-state index in [-0.39, 0.29) is 11.4 Å². The van der Waals surface area contributed by atoms with Crippen molar-refractivity contribution in [3.05, 3.63) is 39.7 Å². The maximum Gasteiger partial charge on any atom is 0.336 e. The van der Waals surface area contributed by atoms with Gasteiger partial charge in [0.2, 0.25) is 0 Å². The van der Waals surface area contributed by atoms with Gasteiger partial charge in [-0.25, -0.2) is 4.79 Å². The lowest BCUT2D eigenvalue weighted by Crippen LogP contribution is -2.21. The number of rotatable bonds is 3. The van der Waals surface area contributed by atoms with E-state index in [9.17, 15) is 9.59 Å². The molecule has 1 atom stereocenters. The molecule has 4 heteroatoms. The van der Waals surface area contributed by atoms with Crippen LogP contribution in [0.2, 0.25) is 0 Å². The fourth-order valence-electron chi connectivity index (χ4n) is 1.94. The van der Waals surface area contributed by atoms with E-state index in [0.29, 0.717) is 11.3 Å². The number of aryl methyl sites for hydroxylation is 2. The molecule has 0 saturated carbocycles. The number of hydrogen-bond acceptors (Lipinski definition) is 4. The van der Waals surface area contributed by atoms with Gasteiger partial charge in [-0.15, -0.1) is 0 Å². The number of fused-ring (bicyclic) bond motifs is 1. The maximum absolute atomic E-state index is 11.4. The molecule has 0 amide bonds. The highest BCUT2D eigenvalue weighted by Gasteiger charge is 2.15. The number of carbonyl (C=O) groups excluding carboxylic acids is 1. The number of Topliss-reactive ketones (excluding diaryl/α,β-unsaturated/α-hetero) is 1. The minimum atomic E-state index is -0.531. The third kappa shape index (κ3) is 2.67. The molecule has 0 bridgehead atoms. The lowest BCUT2D eigenvalue weighted by molar-refractivity contribution is -0.122. The molecule has 0 spiro atoms. The number of hydrogen-bond donors (Lipinski definition) is 0. The van der Waals surface area contributed by atoms with Gasteiger partial charge < -0.3 is 9.15 Å². The van der Waals surface area contributed by atoms with Gasteiger partial charge in [-0.3, -0.25) is 4.79 Å². The summed E-state index contributed by atoms with van der Waals surface area (Å²) >= 11 is 0. The Morgan fingerprint density at radius 3 is 2.58 bits per heavy atom. The fourth-order valence-corrected chi connectivity index (χ4v) is 1.94. The Labute approximate surface area is 111 Å². The maximum atomic E-state index is 11.4. The van der Waals surface area contributed by atoms with Gasteiger partial charge in [0.1, 0.15) is 11.3 Å². The van der Waals surface area contributed by atoms with E-state index in [0.717, 1.165) is 16.5 Å². The van der Waals surface area contributed by atoms with Crippen molar-refractivity contribution in [2.75, 3.05) is 0 Å². The van der Waals surface area contributed by atoms with Gasteiger partial charge in [0.15, 0.2) is 11.9 Å². The van der Waals surface area contributed by atoms with Crippen molar-refractivity contribution in [1.82, 2.24) is 0 Å². The quantitative estimate of drug-likeness (QED) is 0.796. The second-order valence-corrected chi connectivity index (χ2v) is 4.76. The van der Waals surface area contributed by atoms with Crippen molar-refractivity contribution >= 4 is 16.8 Å². The molecule has 2 aromatic rings. The monoisotopic (exact) mass is 260 g/mol. The number of ether oxygens (including phenoxy) is 1. The largest absolute Gasteiger partial charge is 0.482 e. The number of benzene rings is 1. The zero-order chi connectivity index (χ0) is 14.2. The van der Waals surface area contributed by atoms with Crippen molar-refractivity contribution in [2.24, 2.45) is 0 Å². The van der Waals surface area contributed by atoms with E-state index in [1.54, 1.807) is 13.0 Å². The van der Waals surface area contributed by atoms with Crippen LogP contribution in [0.15, 0.2) is 27.4 Å². The summed E-state index contributed by atoms with van der Waals surface area (Å²) in [6.07, 6.45) is -0.531. The number of ketones is 1. The molecular formula is C15H16O4. The molecule has 100 valence electrons. The predicted octanol–water partition coefficient (Wildman–Crippen LogP) is 2.77. The molecule has 1 aromatic carbocycles. The van der Waals surface area contributed by atoms with E-state index < -0.39 is 6.10 Å². The van der Waals surface area contributed by atoms with Crippen LogP contribution in [-0.4, -0.2) is 11.9 Å². The minimum Gasteiger partial charge on any atom is -0.482 e. The van der Waals surface area contributed by atoms with Gasteiger partial charge in [-0.2, -0.15) is 0 Å². The summed E-state index contributed by atoms with van der Waals surface area (Å²) in [6, 6.07) is 5.05. The molecule has 1 heterocycles. The molecule has 0 saturated heterocycles. The summed E-state index contributed by atoms with van der Waals surface area (Å²) in [5, 5.41) is 0.735. The normalized spacial score (nSPS) is 12.4. The van der Waals surface area contributed by atoms with E-state index in [1.807, 2.05) is 19.9 Å². The molecule has 0 N–H and O–H groups in total. The Morgan fingerprint density at radius 2 is 1.95 bits per heavy atom. The Balaban J connectivity index is 2.66. The van der Waals surface area contributed by atoms with Gasteiger partial charge in [0.05, 0.1) is 5.39 Å². The molecule has 19 heavy (non-hydrogen) atoms. The molecular weight excluding hydrogens is 244 g/mol. The zero-order valence-electron chi connectivity index (χ0n) is 11.4. The van der Waals surface area contributed by atoms with E-state index in [4.69, 9.17) is 9.15 Å². The Hall–Kier alpha value is -2.10. The van der Waals surface area contributed by atoms with Crippen LogP contribution in [-0.2, 0) is 4.79 Å². The van der Waals surface area contributed by atoms with E-state index in [1.165, 1.54) is 13.0 Å². The lowest BCUT2D eigenvalue weighted by Gasteiger charge is -2.15. The summed E-state index contributed by atoms with van der Waals surface area (Å²) in [4.78, 5) is 22.7. The molecule has 1 unspecified atom stereocenters. The third-order valence-electron chi connectivity index (χ3n) is 3.03. The summed E-state index contributed by atoms with van der Waals surface area (Å²) in [5.41, 5.74) is 1.78. The number of carbonyl (C=O) groups is 1. The second kappa shape index (κ2) is 4.88. The Morgan fingerprint density at radius 1 is 1.26 bits per heavy atom. The first-order valence-electron chi connectivity index (χ1n) is 6.10. The molecule has 0 radical (unpaired) electrons. The lowest BCUT2D eigenvalue weighted by atomic mass is 10.1. The highest BCUT2D eigenvalue weighted by Crippen LogP contribution is 2.30. The van der Waals surface area contributed by atoms with Gasteiger partial charge in [0.25, 0.3) is 0 Å². The summed E-state index contributed by atoms with van der Waals surface area (Å²) in [5.74, 6) is 0.517. The summed E-state index contributed by atoms with van der Waals surface area (Å²) in [6.45, 7) is 6.88. The van der Waals surface area contributed by atoms with Crippen LogP contribution in [0.5, 0.6) is 5.75 Å². The molecule has 4 nitrogen and oxygen atoms in total. The van der Waals surface area contributed by atoms with E-state index in [2.05, 4.69) is 0 Å². The van der Waals surface area contributed by atoms with Crippen LogP contribution >= 0.6 is 0 Å². The third-order valence-corrected chi connectivity index (χ3v) is 3.03. The van der Waals surface area contributed by atoms with Crippen LogP contribution in [0.25, 0.3) is 11.0 Å². The topological polar surface area (TPSA) is 56.5 Å². The average molecular weight is 260 g/mol. The molecule has 0 fully saturated rings. The Bertz CT molecular complexity index is 697. The summed E-state index contributed by atoms with van der Waals surface area (Å²) in [7, 11) is 0. The first-order chi connectivity index (χ1) is 8.88. The van der Waals surface area contributed by atoms with Crippen LogP contribution < -0.4 is 10.4 Å². The minimum absolute atomic E-state index is 0.0512. The standard InChI is InChI=1S/C15H16O4/c1-8-5-12(18-11(4)10(3)16)15-9(2)7-14(17)19-13(15)6-8/h5-7,11H,1-4H3. The van der Waals surface area contributed by atoms with Crippen molar-refractivity contribution < 1.29 is 13.9 Å². The van der Waals surface area contributed by atoms with E-state index >= 15 is 0 Å². The van der Waals surface area contributed by atoms with Crippen LogP contribution in [0.4, 0.5) is 0 Å². The smallest absolute Gasteiger partial charge is 0.336 e. The van der Waals surface area contributed by atoms with Crippen LogP contribution in [0.1, 0.15) is 25.0 Å². The highest BCUT2D eigenvalue weighted by molar-refractivity contribution is 5.88. The molecule has 0 aliphatic heterocycles. The van der Waals surface area contributed by atoms with Crippen LogP contribution in [0, 0.1) is 13.8 Å². The summed E-state index contributed by atoms with van der Waals surface area (Å²) < 4.78 is 10.9. The fraction of sp³-hybridized carbons (Fsp3) is 0.333. The van der Waals surface area contributed by atoms with Crippen molar-refractivity contribution in [3.63, 3.8) is 0 Å². The molecule has 1 aromatic heterocycles. The van der Waals surface area contributed by atoms with Crippen molar-refractivity contribution in [3.8, 4) is 5.75 Å².